The van der Waals surface area contributed by atoms with Gasteiger partial charge in [0.2, 0.25) is 0 Å². The molecule has 0 saturated carbocycles. The van der Waals surface area contributed by atoms with Gasteiger partial charge in [0.1, 0.15) is 11.5 Å². The number of benzene rings is 1. The van der Waals surface area contributed by atoms with Crippen LogP contribution >= 0.6 is 0 Å². The second-order valence-corrected chi connectivity index (χ2v) is 4.81. The molecule has 1 rings (SSSR count). The molecule has 0 aliphatic carbocycles. The molecule has 1 aromatic carbocycles. The summed E-state index contributed by atoms with van der Waals surface area (Å²) in [5.74, 6) is 1.71. The van der Waals surface area contributed by atoms with E-state index in [0.29, 0.717) is 6.73 Å². The van der Waals surface area contributed by atoms with Gasteiger partial charge in [0.05, 0.1) is 21.0 Å². The van der Waals surface area contributed by atoms with E-state index in [0.717, 1.165) is 23.6 Å². The third kappa shape index (κ3) is 3.62. The van der Waals surface area contributed by atoms with Crippen molar-refractivity contribution in [2.24, 2.45) is 0 Å². The van der Waals surface area contributed by atoms with Crippen molar-refractivity contribution in [2.45, 2.75) is 19.3 Å². The minimum Gasteiger partial charge on any atom is -0.497 e. The number of methoxy groups -OCH3 is 3. The summed E-state index contributed by atoms with van der Waals surface area (Å²) >= 11 is 0. The van der Waals surface area contributed by atoms with Crippen LogP contribution in [0.5, 0.6) is 11.5 Å². The number of hydrogen-bond acceptors (Lipinski definition) is 4. The normalized spacial score (nSPS) is 11.4. The molecule has 0 amide bonds. The fourth-order valence-electron chi connectivity index (χ4n) is 1.90. The number of nitrogens with one attached hydrogen (secondary N) is 1. The average Bonchev–Trinajstić information content (AvgIpc) is 2.38. The van der Waals surface area contributed by atoms with E-state index in [1.54, 1.807) is 21.3 Å². The molecule has 0 unspecified atom stereocenters. The summed E-state index contributed by atoms with van der Waals surface area (Å²) in [6, 6.07) is 5.86. The van der Waals surface area contributed by atoms with Gasteiger partial charge in [0.25, 0.3) is 0 Å². The van der Waals surface area contributed by atoms with Crippen molar-refractivity contribution in [3.8, 4) is 11.5 Å². The maximum absolute atomic E-state index is 5.42. The van der Waals surface area contributed by atoms with E-state index in [1.165, 1.54) is 0 Å². The highest BCUT2D eigenvalue weighted by Gasteiger charge is 2.24. The van der Waals surface area contributed by atoms with Crippen LogP contribution in [-0.4, -0.2) is 34.6 Å². The van der Waals surface area contributed by atoms with E-state index in [-0.39, 0.29) is 5.41 Å². The van der Waals surface area contributed by atoms with Gasteiger partial charge >= 0.3 is 0 Å². The molecule has 0 aliphatic rings. The maximum atomic E-state index is 5.42. The predicted octanol–water partition coefficient (Wildman–Crippen LogP) is 2.17. The lowest BCUT2D eigenvalue weighted by Gasteiger charge is -2.27. The van der Waals surface area contributed by atoms with Gasteiger partial charge in [-0.05, 0) is 18.2 Å². The summed E-state index contributed by atoms with van der Waals surface area (Å²) in [6.45, 7) is 5.65. The second-order valence-electron chi connectivity index (χ2n) is 4.81. The molecule has 0 spiro atoms. The van der Waals surface area contributed by atoms with E-state index in [9.17, 15) is 0 Å². The first-order valence-corrected chi connectivity index (χ1v) is 5.97. The van der Waals surface area contributed by atoms with E-state index in [4.69, 9.17) is 14.2 Å². The lowest BCUT2D eigenvalue weighted by Crippen LogP contribution is -2.34. The summed E-state index contributed by atoms with van der Waals surface area (Å²) in [5.41, 5.74) is 1.05. The molecule has 1 aromatic rings. The maximum Gasteiger partial charge on any atom is 0.122 e. The Balaban J connectivity index is 2.96. The van der Waals surface area contributed by atoms with Crippen LogP contribution in [0.2, 0.25) is 0 Å². The third-order valence-corrected chi connectivity index (χ3v) is 2.95. The van der Waals surface area contributed by atoms with Gasteiger partial charge in [-0.2, -0.15) is 0 Å². The second kappa shape index (κ2) is 6.61. The molecule has 0 fully saturated rings. The topological polar surface area (TPSA) is 39.7 Å². The average molecular weight is 253 g/mol. The van der Waals surface area contributed by atoms with Gasteiger partial charge in [-0.3, -0.25) is 5.32 Å². The molecule has 0 bridgehead atoms. The van der Waals surface area contributed by atoms with Crippen LogP contribution in [0.3, 0.4) is 0 Å². The van der Waals surface area contributed by atoms with E-state index in [2.05, 4.69) is 19.2 Å². The van der Waals surface area contributed by atoms with Gasteiger partial charge in [-0.15, -0.1) is 0 Å². The van der Waals surface area contributed by atoms with Crippen LogP contribution in [0, 0.1) is 0 Å². The predicted molar refractivity (Wildman–Crippen MR) is 72.5 cm³/mol. The molecule has 0 radical (unpaired) electrons. The van der Waals surface area contributed by atoms with Crippen molar-refractivity contribution < 1.29 is 14.2 Å². The molecule has 4 heteroatoms. The smallest absolute Gasteiger partial charge is 0.122 e. The Morgan fingerprint density at radius 2 is 1.83 bits per heavy atom. The van der Waals surface area contributed by atoms with Crippen LogP contribution in [-0.2, 0) is 10.2 Å². The van der Waals surface area contributed by atoms with Crippen molar-refractivity contribution in [3.05, 3.63) is 23.8 Å². The van der Waals surface area contributed by atoms with E-state index < -0.39 is 0 Å². The minimum absolute atomic E-state index is 0.0710. The van der Waals surface area contributed by atoms with Crippen LogP contribution in [0.25, 0.3) is 0 Å². The van der Waals surface area contributed by atoms with Crippen molar-refractivity contribution in [2.75, 3.05) is 34.6 Å². The highest BCUT2D eigenvalue weighted by Crippen LogP contribution is 2.34. The Hall–Kier alpha value is -1.26. The Kier molecular flexibility index (Phi) is 5.44. The fourth-order valence-corrected chi connectivity index (χ4v) is 1.90. The van der Waals surface area contributed by atoms with Gasteiger partial charge in [-0.1, -0.05) is 13.8 Å². The summed E-state index contributed by atoms with van der Waals surface area (Å²) in [7, 11) is 5.03. The summed E-state index contributed by atoms with van der Waals surface area (Å²) < 4.78 is 15.7. The molecule has 0 saturated heterocycles. The molecule has 0 atom stereocenters. The Bertz CT molecular complexity index is 377. The van der Waals surface area contributed by atoms with Crippen LogP contribution in [0.4, 0.5) is 0 Å². The quantitative estimate of drug-likeness (QED) is 0.597. The highest BCUT2D eigenvalue weighted by atomic mass is 16.5. The zero-order valence-electron chi connectivity index (χ0n) is 11.9. The minimum atomic E-state index is -0.0710. The number of ether oxygens (including phenoxy) is 3. The largest absolute Gasteiger partial charge is 0.497 e. The lowest BCUT2D eigenvalue weighted by molar-refractivity contribution is 0.169. The van der Waals surface area contributed by atoms with E-state index in [1.807, 2.05) is 18.2 Å². The van der Waals surface area contributed by atoms with Crippen LogP contribution < -0.4 is 14.8 Å². The molecule has 18 heavy (non-hydrogen) atoms. The summed E-state index contributed by atoms with van der Waals surface area (Å²) in [6.07, 6.45) is 0. The molecular weight excluding hydrogens is 230 g/mol. The van der Waals surface area contributed by atoms with Gasteiger partial charge in [0, 0.05) is 24.6 Å². The van der Waals surface area contributed by atoms with Crippen molar-refractivity contribution >= 4 is 0 Å². The van der Waals surface area contributed by atoms with Crippen LogP contribution in [0.15, 0.2) is 18.2 Å². The fraction of sp³-hybridized carbons (Fsp3) is 0.571. The molecule has 102 valence electrons. The Morgan fingerprint density at radius 1 is 1.11 bits per heavy atom. The molecule has 0 aliphatic heterocycles. The number of hydrogen-bond donors (Lipinski definition) is 1. The van der Waals surface area contributed by atoms with E-state index >= 15 is 0 Å². The summed E-state index contributed by atoms with van der Waals surface area (Å²) in [4.78, 5) is 0. The number of rotatable bonds is 7. The van der Waals surface area contributed by atoms with Crippen molar-refractivity contribution in [1.29, 1.82) is 0 Å². The first-order chi connectivity index (χ1) is 8.55. The van der Waals surface area contributed by atoms with Gasteiger partial charge in [-0.25, -0.2) is 0 Å². The van der Waals surface area contributed by atoms with Gasteiger partial charge < -0.3 is 14.2 Å². The Labute approximate surface area is 109 Å². The Morgan fingerprint density at radius 3 is 2.39 bits per heavy atom. The lowest BCUT2D eigenvalue weighted by atomic mass is 9.83. The van der Waals surface area contributed by atoms with Crippen LogP contribution in [0.1, 0.15) is 19.4 Å². The van der Waals surface area contributed by atoms with Crippen molar-refractivity contribution in [1.82, 2.24) is 5.32 Å². The zero-order valence-corrected chi connectivity index (χ0v) is 11.9. The standard InChI is InChI=1S/C14H23NO3/c1-14(2,9-15-10-16-3)12-8-11(17-4)6-7-13(12)18-5/h6-8,15H,9-10H2,1-5H3. The molecule has 4 nitrogen and oxygen atoms in total. The molecule has 0 heterocycles. The highest BCUT2D eigenvalue weighted by molar-refractivity contribution is 5.44. The third-order valence-electron chi connectivity index (χ3n) is 2.95. The van der Waals surface area contributed by atoms with Gasteiger partial charge in [0.15, 0.2) is 0 Å². The first kappa shape index (κ1) is 14.8. The van der Waals surface area contributed by atoms with Crippen molar-refractivity contribution in [3.63, 3.8) is 0 Å². The summed E-state index contributed by atoms with van der Waals surface area (Å²) in [5, 5.41) is 3.24. The molecule has 0 aromatic heterocycles. The SMILES string of the molecule is COCNCC(C)(C)c1cc(OC)ccc1OC. The molecular formula is C14H23NO3. The first-order valence-electron chi connectivity index (χ1n) is 5.97. The molecule has 1 N–H and O–H groups in total. The monoisotopic (exact) mass is 253 g/mol. The zero-order chi connectivity index (χ0) is 13.6.